The van der Waals surface area contributed by atoms with Gasteiger partial charge in [0.05, 0.1) is 0 Å². The van der Waals surface area contributed by atoms with Crippen LogP contribution in [0.15, 0.2) is 6.07 Å². The van der Waals surface area contributed by atoms with Gasteiger partial charge in [-0.25, -0.2) is 0 Å². The van der Waals surface area contributed by atoms with Gasteiger partial charge in [0.15, 0.2) is 0 Å². The second-order valence-electron chi connectivity index (χ2n) is 4.76. The Morgan fingerprint density at radius 1 is 1.44 bits per heavy atom. The van der Waals surface area contributed by atoms with E-state index in [0.717, 1.165) is 12.2 Å². The molecule has 0 spiro atoms. The topological polar surface area (TPSA) is 46.9 Å². The van der Waals surface area contributed by atoms with E-state index in [9.17, 15) is 4.79 Å². The van der Waals surface area contributed by atoms with E-state index in [1.54, 1.807) is 7.05 Å². The van der Waals surface area contributed by atoms with Crippen LogP contribution in [0.5, 0.6) is 0 Å². The minimum absolute atomic E-state index is 0.121. The molecule has 1 rings (SSSR count). The lowest BCUT2D eigenvalue weighted by Gasteiger charge is -2.11. The Hall–Kier alpha value is -1.32. The number of rotatable bonds is 4. The van der Waals surface area contributed by atoms with E-state index in [2.05, 4.69) is 38.1 Å². The average molecular weight is 223 g/mol. The molecule has 0 bridgehead atoms. The summed E-state index contributed by atoms with van der Waals surface area (Å²) in [6.45, 7) is 9.37. The number of carbonyl (C=O) groups is 1. The number of carbonyl (C=O) groups excluding carboxylic acids is 1. The molecule has 16 heavy (non-hydrogen) atoms. The van der Waals surface area contributed by atoms with Crippen molar-refractivity contribution >= 4 is 5.91 Å². The normalized spacial score (nSPS) is 11.2. The molecule has 0 aliphatic heterocycles. The maximum atomic E-state index is 11.5. The smallest absolute Gasteiger partial charge is 0.271 e. The number of nitrogens with one attached hydrogen (secondary N) is 1. The third kappa shape index (κ3) is 2.84. The number of nitrogens with zero attached hydrogens (tertiary/aromatic N) is 2. The second-order valence-corrected chi connectivity index (χ2v) is 4.76. The maximum Gasteiger partial charge on any atom is 0.271 e. The average Bonchev–Trinajstić information content (AvgIpc) is 2.59. The third-order valence-corrected chi connectivity index (χ3v) is 2.40. The van der Waals surface area contributed by atoms with Gasteiger partial charge in [-0.3, -0.25) is 9.48 Å². The summed E-state index contributed by atoms with van der Waals surface area (Å²) in [6, 6.07) is 1.88. The lowest BCUT2D eigenvalue weighted by molar-refractivity contribution is 0.0957. The Labute approximate surface area is 97.0 Å². The number of hydrogen-bond acceptors (Lipinski definition) is 2. The van der Waals surface area contributed by atoms with Crippen LogP contribution in [0.4, 0.5) is 0 Å². The first-order valence-electron chi connectivity index (χ1n) is 5.75. The van der Waals surface area contributed by atoms with Crippen LogP contribution in [0.1, 0.15) is 49.8 Å². The van der Waals surface area contributed by atoms with Gasteiger partial charge in [-0.05, 0) is 17.9 Å². The Kier molecular flexibility index (Phi) is 4.10. The van der Waals surface area contributed by atoms with Gasteiger partial charge >= 0.3 is 0 Å². The molecule has 0 unspecified atom stereocenters. The summed E-state index contributed by atoms with van der Waals surface area (Å²) in [5.41, 5.74) is 1.62. The predicted molar refractivity (Wildman–Crippen MR) is 64.5 cm³/mol. The summed E-state index contributed by atoms with van der Waals surface area (Å²) in [7, 11) is 1.62. The van der Waals surface area contributed by atoms with Crippen molar-refractivity contribution in [1.82, 2.24) is 15.1 Å². The van der Waals surface area contributed by atoms with E-state index in [1.807, 2.05) is 10.7 Å². The van der Waals surface area contributed by atoms with Gasteiger partial charge in [0.25, 0.3) is 5.91 Å². The highest BCUT2D eigenvalue weighted by Gasteiger charge is 2.15. The van der Waals surface area contributed by atoms with Crippen LogP contribution >= 0.6 is 0 Å². The lowest BCUT2D eigenvalue weighted by atomic mass is 10.1. The van der Waals surface area contributed by atoms with E-state index in [0.29, 0.717) is 17.5 Å². The molecular weight excluding hydrogens is 202 g/mol. The van der Waals surface area contributed by atoms with Crippen LogP contribution in [-0.4, -0.2) is 22.7 Å². The van der Waals surface area contributed by atoms with E-state index in [-0.39, 0.29) is 5.91 Å². The summed E-state index contributed by atoms with van der Waals surface area (Å²) < 4.78 is 1.94. The van der Waals surface area contributed by atoms with Crippen molar-refractivity contribution in [1.29, 1.82) is 0 Å². The Morgan fingerprint density at radius 3 is 2.50 bits per heavy atom. The van der Waals surface area contributed by atoms with Crippen molar-refractivity contribution in [3.63, 3.8) is 0 Å². The molecule has 1 aromatic rings. The van der Waals surface area contributed by atoms with E-state index in [1.165, 1.54) is 0 Å². The summed E-state index contributed by atoms with van der Waals surface area (Å²) in [6.07, 6.45) is 0. The lowest BCUT2D eigenvalue weighted by Crippen LogP contribution is -2.19. The fraction of sp³-hybridized carbons (Fsp3) is 0.667. The van der Waals surface area contributed by atoms with Crippen molar-refractivity contribution in [2.24, 2.45) is 5.92 Å². The quantitative estimate of drug-likeness (QED) is 0.849. The largest absolute Gasteiger partial charge is 0.354 e. The van der Waals surface area contributed by atoms with Crippen LogP contribution in [0.25, 0.3) is 0 Å². The molecule has 1 N–H and O–H groups in total. The molecule has 1 heterocycles. The van der Waals surface area contributed by atoms with Crippen LogP contribution in [0.3, 0.4) is 0 Å². The van der Waals surface area contributed by atoms with Crippen molar-refractivity contribution in [2.75, 3.05) is 7.05 Å². The second kappa shape index (κ2) is 5.14. The molecule has 0 radical (unpaired) electrons. The minimum Gasteiger partial charge on any atom is -0.354 e. The van der Waals surface area contributed by atoms with E-state index in [4.69, 9.17) is 0 Å². The standard InChI is InChI=1S/C12H21N3O/c1-8(2)7-15-11(9(3)4)6-10(14-15)12(16)13-5/h6,8-9H,7H2,1-5H3,(H,13,16). The Balaban J connectivity index is 3.04. The van der Waals surface area contributed by atoms with Crippen molar-refractivity contribution in [3.8, 4) is 0 Å². The molecule has 1 amide bonds. The Morgan fingerprint density at radius 2 is 2.06 bits per heavy atom. The van der Waals surface area contributed by atoms with Crippen molar-refractivity contribution in [2.45, 2.75) is 40.2 Å². The van der Waals surface area contributed by atoms with Gasteiger partial charge in [-0.15, -0.1) is 0 Å². The number of aromatic nitrogens is 2. The number of hydrogen-bond donors (Lipinski definition) is 1. The molecule has 0 aromatic carbocycles. The molecule has 0 fully saturated rings. The van der Waals surface area contributed by atoms with Gasteiger partial charge in [0.2, 0.25) is 0 Å². The molecule has 0 aliphatic carbocycles. The first kappa shape index (κ1) is 12.7. The van der Waals surface area contributed by atoms with E-state index >= 15 is 0 Å². The summed E-state index contributed by atoms with van der Waals surface area (Å²) in [5.74, 6) is 0.781. The Bertz CT molecular complexity index is 366. The fourth-order valence-electron chi connectivity index (χ4n) is 1.63. The van der Waals surface area contributed by atoms with Gasteiger partial charge in [-0.1, -0.05) is 27.7 Å². The monoisotopic (exact) mass is 223 g/mol. The highest BCUT2D eigenvalue weighted by atomic mass is 16.1. The molecule has 0 atom stereocenters. The molecule has 0 saturated carbocycles. The first-order chi connectivity index (χ1) is 7.45. The molecular formula is C12H21N3O. The van der Waals surface area contributed by atoms with Gasteiger partial charge in [0.1, 0.15) is 5.69 Å². The van der Waals surface area contributed by atoms with Crippen LogP contribution in [0.2, 0.25) is 0 Å². The van der Waals surface area contributed by atoms with Crippen LogP contribution in [0, 0.1) is 5.92 Å². The molecule has 90 valence electrons. The fourth-order valence-corrected chi connectivity index (χ4v) is 1.63. The molecule has 4 nitrogen and oxygen atoms in total. The van der Waals surface area contributed by atoms with Crippen molar-refractivity contribution < 1.29 is 4.79 Å². The number of amides is 1. The predicted octanol–water partition coefficient (Wildman–Crippen LogP) is 2.02. The molecule has 0 saturated heterocycles. The van der Waals surface area contributed by atoms with Crippen molar-refractivity contribution in [3.05, 3.63) is 17.5 Å². The minimum atomic E-state index is -0.121. The van der Waals surface area contributed by atoms with E-state index < -0.39 is 0 Å². The van der Waals surface area contributed by atoms with Crippen LogP contribution < -0.4 is 5.32 Å². The zero-order valence-corrected chi connectivity index (χ0v) is 10.7. The highest BCUT2D eigenvalue weighted by molar-refractivity contribution is 5.92. The van der Waals surface area contributed by atoms with Gasteiger partial charge < -0.3 is 5.32 Å². The summed E-state index contributed by atoms with van der Waals surface area (Å²) >= 11 is 0. The first-order valence-corrected chi connectivity index (χ1v) is 5.75. The molecule has 1 aromatic heterocycles. The summed E-state index contributed by atoms with van der Waals surface area (Å²) in [5, 5.41) is 6.95. The highest BCUT2D eigenvalue weighted by Crippen LogP contribution is 2.17. The van der Waals surface area contributed by atoms with Gasteiger partial charge in [-0.2, -0.15) is 5.10 Å². The van der Waals surface area contributed by atoms with Gasteiger partial charge in [0, 0.05) is 19.3 Å². The third-order valence-electron chi connectivity index (χ3n) is 2.40. The maximum absolute atomic E-state index is 11.5. The zero-order chi connectivity index (χ0) is 12.3. The zero-order valence-electron chi connectivity index (χ0n) is 10.7. The molecule has 0 aliphatic rings. The van der Waals surface area contributed by atoms with Crippen LogP contribution in [-0.2, 0) is 6.54 Å². The summed E-state index contributed by atoms with van der Waals surface area (Å²) in [4.78, 5) is 11.5. The SMILES string of the molecule is CNC(=O)c1cc(C(C)C)n(CC(C)C)n1. The molecule has 4 heteroatoms.